The normalized spacial score (nSPS) is 17.2. The third-order valence-corrected chi connectivity index (χ3v) is 4.40. The number of nitrogens with two attached hydrogens (primary N) is 1. The van der Waals surface area contributed by atoms with Gasteiger partial charge in [-0.25, -0.2) is 0 Å². The van der Waals surface area contributed by atoms with Gasteiger partial charge in [-0.2, -0.15) is 0 Å². The van der Waals surface area contributed by atoms with E-state index in [1.54, 1.807) is 0 Å². The predicted molar refractivity (Wildman–Crippen MR) is 97.2 cm³/mol. The van der Waals surface area contributed by atoms with Crippen LogP contribution < -0.4 is 15.8 Å². The van der Waals surface area contributed by atoms with E-state index in [9.17, 15) is 9.59 Å². The number of amides is 2. The Bertz CT molecular complexity index is 536. The van der Waals surface area contributed by atoms with Crippen molar-refractivity contribution in [3.05, 3.63) is 30.3 Å². The van der Waals surface area contributed by atoms with Gasteiger partial charge < -0.3 is 20.7 Å². The maximum Gasteiger partial charge on any atom is 0.223 e. The number of para-hydroxylation sites is 1. The zero-order valence-electron chi connectivity index (χ0n) is 14.8. The fourth-order valence-corrected chi connectivity index (χ4v) is 3.07. The molecule has 138 valence electrons. The minimum Gasteiger partial charge on any atom is -0.494 e. The zero-order chi connectivity index (χ0) is 17.9. The lowest BCUT2D eigenvalue weighted by Crippen LogP contribution is -2.49. The molecule has 1 aromatic carbocycles. The number of carbonyl (C=O) groups excluding carboxylic acids is 2. The van der Waals surface area contributed by atoms with Crippen LogP contribution in [0.15, 0.2) is 30.3 Å². The molecule has 0 aliphatic carbocycles. The number of benzene rings is 1. The molecule has 1 aliphatic heterocycles. The maximum absolute atomic E-state index is 12.5. The highest BCUT2D eigenvalue weighted by molar-refractivity contribution is 5.77. The first kappa shape index (κ1) is 19.2. The van der Waals surface area contributed by atoms with Crippen LogP contribution >= 0.6 is 0 Å². The highest BCUT2D eigenvalue weighted by atomic mass is 16.5. The molecule has 1 aliphatic rings. The molecule has 0 spiro atoms. The SMILES string of the molecule is NCCC(=O)NCC1CCCCN1C(=O)CCCOc1ccccc1. The minimum absolute atomic E-state index is 0.0447. The highest BCUT2D eigenvalue weighted by Gasteiger charge is 2.26. The van der Waals surface area contributed by atoms with E-state index in [4.69, 9.17) is 10.5 Å². The van der Waals surface area contributed by atoms with Gasteiger partial charge in [-0.1, -0.05) is 18.2 Å². The number of ether oxygens (including phenoxy) is 1. The van der Waals surface area contributed by atoms with Crippen molar-refractivity contribution < 1.29 is 14.3 Å². The molecule has 0 bridgehead atoms. The van der Waals surface area contributed by atoms with E-state index in [1.165, 1.54) is 0 Å². The summed E-state index contributed by atoms with van der Waals surface area (Å²) in [5.41, 5.74) is 5.39. The van der Waals surface area contributed by atoms with E-state index in [2.05, 4.69) is 5.32 Å². The van der Waals surface area contributed by atoms with Crippen molar-refractivity contribution in [1.82, 2.24) is 10.2 Å². The molecule has 25 heavy (non-hydrogen) atoms. The van der Waals surface area contributed by atoms with Gasteiger partial charge in [-0.3, -0.25) is 9.59 Å². The van der Waals surface area contributed by atoms with E-state index in [-0.39, 0.29) is 17.9 Å². The molecule has 1 unspecified atom stereocenters. The van der Waals surface area contributed by atoms with Crippen molar-refractivity contribution in [2.24, 2.45) is 5.73 Å². The molecule has 1 atom stereocenters. The first-order chi connectivity index (χ1) is 12.2. The fraction of sp³-hybridized carbons (Fsp3) is 0.579. The number of hydrogen-bond acceptors (Lipinski definition) is 4. The van der Waals surface area contributed by atoms with Crippen molar-refractivity contribution in [2.75, 3.05) is 26.2 Å². The van der Waals surface area contributed by atoms with Crippen molar-refractivity contribution in [2.45, 2.75) is 44.6 Å². The molecule has 3 N–H and O–H groups in total. The van der Waals surface area contributed by atoms with Crippen LogP contribution in [-0.2, 0) is 9.59 Å². The zero-order valence-corrected chi connectivity index (χ0v) is 14.8. The van der Waals surface area contributed by atoms with Gasteiger partial charge in [0.05, 0.1) is 6.61 Å². The van der Waals surface area contributed by atoms with E-state index >= 15 is 0 Å². The van der Waals surface area contributed by atoms with Gasteiger partial charge in [0.1, 0.15) is 5.75 Å². The van der Waals surface area contributed by atoms with Crippen LogP contribution in [0.25, 0.3) is 0 Å². The monoisotopic (exact) mass is 347 g/mol. The summed E-state index contributed by atoms with van der Waals surface area (Å²) in [6.45, 7) is 2.17. The van der Waals surface area contributed by atoms with Gasteiger partial charge >= 0.3 is 0 Å². The lowest BCUT2D eigenvalue weighted by Gasteiger charge is -2.36. The maximum atomic E-state index is 12.5. The summed E-state index contributed by atoms with van der Waals surface area (Å²) in [7, 11) is 0. The van der Waals surface area contributed by atoms with Crippen LogP contribution in [-0.4, -0.2) is 49.0 Å². The fourth-order valence-electron chi connectivity index (χ4n) is 3.07. The molecule has 0 radical (unpaired) electrons. The third kappa shape index (κ3) is 6.74. The molecule has 1 heterocycles. The Kier molecular flexibility index (Phi) is 8.25. The van der Waals surface area contributed by atoms with Crippen LogP contribution in [0, 0.1) is 0 Å². The molecule has 0 aromatic heterocycles. The number of hydrogen-bond donors (Lipinski definition) is 2. The van der Waals surface area contributed by atoms with Gasteiger partial charge in [0.2, 0.25) is 11.8 Å². The van der Waals surface area contributed by atoms with Crippen LogP contribution in [0.2, 0.25) is 0 Å². The summed E-state index contributed by atoms with van der Waals surface area (Å²) in [5, 5.41) is 2.89. The van der Waals surface area contributed by atoms with Crippen molar-refractivity contribution in [3.8, 4) is 5.75 Å². The molecule has 2 rings (SSSR count). The quantitative estimate of drug-likeness (QED) is 0.666. The van der Waals surface area contributed by atoms with Gasteiger partial charge in [-0.05, 0) is 37.8 Å². The molecule has 2 amide bonds. The van der Waals surface area contributed by atoms with Crippen LogP contribution in [0.1, 0.15) is 38.5 Å². The molecule has 6 heteroatoms. The van der Waals surface area contributed by atoms with Crippen molar-refractivity contribution in [3.63, 3.8) is 0 Å². The Morgan fingerprint density at radius 3 is 2.76 bits per heavy atom. The van der Waals surface area contributed by atoms with Gasteiger partial charge in [0, 0.05) is 38.5 Å². The Morgan fingerprint density at radius 2 is 2.00 bits per heavy atom. The number of nitrogens with zero attached hydrogens (tertiary/aromatic N) is 1. The third-order valence-electron chi connectivity index (χ3n) is 4.40. The lowest BCUT2D eigenvalue weighted by molar-refractivity contribution is -0.135. The predicted octanol–water partition coefficient (Wildman–Crippen LogP) is 1.69. The van der Waals surface area contributed by atoms with Gasteiger partial charge in [0.15, 0.2) is 0 Å². The Labute approximate surface area is 149 Å². The summed E-state index contributed by atoms with van der Waals surface area (Å²) >= 11 is 0. The summed E-state index contributed by atoms with van der Waals surface area (Å²) in [6, 6.07) is 9.71. The highest BCUT2D eigenvalue weighted by Crippen LogP contribution is 2.18. The smallest absolute Gasteiger partial charge is 0.223 e. The van der Waals surface area contributed by atoms with Crippen molar-refractivity contribution >= 4 is 11.8 Å². The minimum atomic E-state index is -0.0447. The molecular weight excluding hydrogens is 318 g/mol. The second kappa shape index (κ2) is 10.7. The summed E-state index contributed by atoms with van der Waals surface area (Å²) < 4.78 is 5.64. The Balaban J connectivity index is 1.72. The Hall–Kier alpha value is -2.08. The second-order valence-corrected chi connectivity index (χ2v) is 6.34. The number of piperidine rings is 1. The molecule has 6 nitrogen and oxygen atoms in total. The first-order valence-corrected chi connectivity index (χ1v) is 9.15. The molecule has 0 saturated carbocycles. The molecule has 1 fully saturated rings. The Morgan fingerprint density at radius 1 is 1.20 bits per heavy atom. The van der Waals surface area contributed by atoms with E-state index in [1.807, 2.05) is 35.2 Å². The summed E-state index contributed by atoms with van der Waals surface area (Å²) in [4.78, 5) is 26.1. The largest absolute Gasteiger partial charge is 0.494 e. The average molecular weight is 347 g/mol. The van der Waals surface area contributed by atoms with E-state index < -0.39 is 0 Å². The van der Waals surface area contributed by atoms with Gasteiger partial charge in [-0.15, -0.1) is 0 Å². The molecule has 1 saturated heterocycles. The summed E-state index contributed by atoms with van der Waals surface area (Å²) in [5.74, 6) is 0.930. The topological polar surface area (TPSA) is 84.7 Å². The second-order valence-electron chi connectivity index (χ2n) is 6.34. The molecular formula is C19H29N3O3. The van der Waals surface area contributed by atoms with Crippen LogP contribution in [0.3, 0.4) is 0 Å². The van der Waals surface area contributed by atoms with Crippen molar-refractivity contribution in [1.29, 1.82) is 0 Å². The standard InChI is InChI=1S/C19H29N3O3/c20-12-11-18(23)21-15-16-7-4-5-13-22(16)19(24)10-6-14-25-17-8-2-1-3-9-17/h1-3,8-9,16H,4-7,10-15,20H2,(H,21,23). The lowest BCUT2D eigenvalue weighted by atomic mass is 10.0. The van der Waals surface area contributed by atoms with Crippen LogP contribution in [0.5, 0.6) is 5.75 Å². The van der Waals surface area contributed by atoms with E-state index in [0.29, 0.717) is 39.0 Å². The van der Waals surface area contributed by atoms with Crippen LogP contribution in [0.4, 0.5) is 0 Å². The number of likely N-dealkylation sites (tertiary alicyclic amines) is 1. The molecule has 1 aromatic rings. The average Bonchev–Trinajstić information content (AvgIpc) is 2.65. The first-order valence-electron chi connectivity index (χ1n) is 9.15. The number of nitrogens with one attached hydrogen (secondary N) is 1. The number of carbonyl (C=O) groups is 2. The van der Waals surface area contributed by atoms with E-state index in [0.717, 1.165) is 31.6 Å². The summed E-state index contributed by atoms with van der Waals surface area (Å²) in [6.07, 6.45) is 4.56. The van der Waals surface area contributed by atoms with Gasteiger partial charge in [0.25, 0.3) is 0 Å². The number of rotatable bonds is 9.